The fraction of sp³-hybridized carbons (Fsp3) is 0.229. The van der Waals surface area contributed by atoms with Crippen LogP contribution in [-0.2, 0) is 21.7 Å². The van der Waals surface area contributed by atoms with Gasteiger partial charge >= 0.3 is 6.85 Å². The Morgan fingerprint density at radius 2 is 1.09 bits per heavy atom. The summed E-state index contributed by atoms with van der Waals surface area (Å²) in [7, 11) is 0. The Kier molecular flexibility index (Phi) is 8.93. The van der Waals surface area contributed by atoms with Crippen LogP contribution in [0.3, 0.4) is 0 Å². The first kappa shape index (κ1) is 44.5. The number of hydrogen-bond acceptors (Lipinski definition) is 2. The molecule has 4 heterocycles. The molecule has 0 saturated heterocycles. The molecule has 9 aromatic carbocycles. The SMILES string of the molecule is CC(C)(C)c1ccc(N2B3c4cc5c(cc4-n4c6cc7c(cc6c6ccc(c3c64)-c3cc4c(cc32)C(C)(C)c2ccc(C(C)(C)C)cc2-4)C(C)(C)c2ccccc2-7)C(c2ccccc2)C(c2ccccc2)S5)cc1. The second-order valence-corrected chi connectivity index (χ2v) is 26.4. The highest BCUT2D eigenvalue weighted by Crippen LogP contribution is 2.60. The van der Waals surface area contributed by atoms with Gasteiger partial charge in [0.25, 0.3) is 0 Å². The Bertz CT molecular complexity index is 4070. The first-order chi connectivity index (χ1) is 35.5. The first-order valence-corrected chi connectivity index (χ1v) is 27.8. The van der Waals surface area contributed by atoms with Crippen molar-refractivity contribution in [2.24, 2.45) is 0 Å². The molecular weight excluding hydrogens is 912 g/mol. The number of aromatic nitrogens is 1. The Labute approximate surface area is 441 Å². The summed E-state index contributed by atoms with van der Waals surface area (Å²) in [5.41, 5.74) is 29.6. The van der Waals surface area contributed by atoms with Gasteiger partial charge in [0.05, 0.1) is 11.0 Å². The molecule has 1 aromatic heterocycles. The third kappa shape index (κ3) is 5.92. The van der Waals surface area contributed by atoms with E-state index in [4.69, 9.17) is 0 Å². The Hall–Kier alpha value is -7.01. The summed E-state index contributed by atoms with van der Waals surface area (Å²) in [5.74, 6) is 0.184. The van der Waals surface area contributed by atoms with E-state index < -0.39 is 0 Å². The zero-order valence-electron chi connectivity index (χ0n) is 44.3. The van der Waals surface area contributed by atoms with Gasteiger partial charge < -0.3 is 9.38 Å². The minimum absolute atomic E-state index is 0.0235. The number of thioether (sulfide) groups is 1. The topological polar surface area (TPSA) is 8.17 Å². The van der Waals surface area contributed by atoms with Crippen LogP contribution in [0.2, 0.25) is 0 Å². The van der Waals surface area contributed by atoms with E-state index in [0.29, 0.717) is 0 Å². The van der Waals surface area contributed by atoms with Crippen molar-refractivity contribution in [3.63, 3.8) is 0 Å². The van der Waals surface area contributed by atoms with Crippen LogP contribution < -0.4 is 15.7 Å². The summed E-state index contributed by atoms with van der Waals surface area (Å²) < 4.78 is 2.72. The van der Waals surface area contributed by atoms with Crippen molar-refractivity contribution in [2.75, 3.05) is 4.81 Å². The van der Waals surface area contributed by atoms with Crippen molar-refractivity contribution in [1.82, 2.24) is 4.57 Å². The predicted molar refractivity (Wildman–Crippen MR) is 316 cm³/mol. The van der Waals surface area contributed by atoms with Crippen LogP contribution in [0.5, 0.6) is 0 Å². The van der Waals surface area contributed by atoms with Crippen LogP contribution in [0.1, 0.15) is 130 Å². The molecule has 2 unspecified atom stereocenters. The molecule has 0 saturated carbocycles. The lowest BCUT2D eigenvalue weighted by atomic mass is 9.44. The molecule has 3 aliphatic heterocycles. The third-order valence-corrected chi connectivity index (χ3v) is 19.7. The minimum atomic E-state index is -0.178. The molecular formula is C70H61BN2S. The summed E-state index contributed by atoms with van der Waals surface area (Å²) in [4.78, 5) is 4.14. The molecule has 0 bridgehead atoms. The van der Waals surface area contributed by atoms with Gasteiger partial charge in [-0.05, 0) is 148 Å². The van der Waals surface area contributed by atoms with E-state index in [9.17, 15) is 0 Å². The summed E-state index contributed by atoms with van der Waals surface area (Å²) in [6, 6.07) is 69.3. The van der Waals surface area contributed by atoms with Crippen LogP contribution in [0.4, 0.5) is 11.4 Å². The standard InChI is InChI=1S/C70H61BN2S/c1-67(2,3)42-25-28-44(29-26-42)73-60-38-57-49(48-33-43(68(4,5)6)27-32-55(48)70(57,9)10)34-51(60)46-30-31-47-52-35-56-50(45-23-17-18-24-54(45)69(56,7)8)36-59(52)72-61-37-53-62(39-58(61)71(73)64(46)65(47)72)74-66(41-21-15-12-16-22-41)63(53)40-19-13-11-14-20-40/h11-39,63,66H,1-10H3. The van der Waals surface area contributed by atoms with Gasteiger partial charge in [-0.25, -0.2) is 0 Å². The predicted octanol–water partition coefficient (Wildman–Crippen LogP) is 17.2. The molecule has 2 atom stereocenters. The Morgan fingerprint density at radius 3 is 1.81 bits per heavy atom. The molecule has 0 fully saturated rings. The number of anilines is 2. The highest BCUT2D eigenvalue weighted by molar-refractivity contribution is 8.00. The molecule has 10 aromatic rings. The second kappa shape index (κ2) is 14.9. The molecule has 2 aliphatic carbocycles. The maximum absolute atomic E-state index is 2.76. The fourth-order valence-electron chi connectivity index (χ4n) is 14.4. The Morgan fingerprint density at radius 1 is 0.473 bits per heavy atom. The van der Waals surface area contributed by atoms with E-state index in [1.165, 1.54) is 138 Å². The minimum Gasteiger partial charge on any atom is -0.376 e. The van der Waals surface area contributed by atoms with Crippen molar-refractivity contribution in [2.45, 2.75) is 107 Å². The molecule has 0 radical (unpaired) electrons. The quantitative estimate of drug-likeness (QED) is 0.163. The monoisotopic (exact) mass is 972 g/mol. The normalized spacial score (nSPS) is 18.0. The third-order valence-electron chi connectivity index (χ3n) is 18.3. The lowest BCUT2D eigenvalue weighted by Crippen LogP contribution is -2.60. The van der Waals surface area contributed by atoms with Crippen molar-refractivity contribution >= 4 is 62.7 Å². The Balaban J connectivity index is 1.07. The second-order valence-electron chi connectivity index (χ2n) is 25.2. The lowest BCUT2D eigenvalue weighted by Gasteiger charge is -2.43. The summed E-state index contributed by atoms with van der Waals surface area (Å²) in [5, 5.41) is 2.89. The first-order valence-electron chi connectivity index (χ1n) is 26.9. The van der Waals surface area contributed by atoms with Gasteiger partial charge in [-0.3, -0.25) is 0 Å². The van der Waals surface area contributed by atoms with Gasteiger partial charge in [-0.15, -0.1) is 11.8 Å². The molecule has 0 spiro atoms. The van der Waals surface area contributed by atoms with E-state index in [0.717, 1.165) is 0 Å². The summed E-state index contributed by atoms with van der Waals surface area (Å²) in [6.45, 7) is 23.7. The summed E-state index contributed by atoms with van der Waals surface area (Å²) in [6.07, 6.45) is 0. The molecule has 5 aliphatic rings. The lowest BCUT2D eigenvalue weighted by molar-refractivity contribution is 0.589. The van der Waals surface area contributed by atoms with Crippen molar-refractivity contribution in [3.8, 4) is 39.1 Å². The van der Waals surface area contributed by atoms with Crippen molar-refractivity contribution in [3.05, 3.63) is 226 Å². The fourth-order valence-corrected chi connectivity index (χ4v) is 15.9. The largest absolute Gasteiger partial charge is 0.376 e. The molecule has 4 heteroatoms. The molecule has 360 valence electrons. The zero-order valence-corrected chi connectivity index (χ0v) is 45.1. The number of fused-ring (bicyclic) bond motifs is 15. The van der Waals surface area contributed by atoms with E-state index in [1.807, 2.05) is 0 Å². The number of nitrogens with zero attached hydrogens (tertiary/aromatic N) is 2. The zero-order chi connectivity index (χ0) is 50.5. The van der Waals surface area contributed by atoms with Crippen molar-refractivity contribution < 1.29 is 0 Å². The average Bonchev–Trinajstić information content (AvgIpc) is 4.17. The maximum Gasteiger partial charge on any atom is 0.333 e. The molecule has 15 rings (SSSR count). The number of rotatable bonds is 3. The van der Waals surface area contributed by atoms with Gasteiger partial charge in [0, 0.05) is 60.3 Å². The highest BCUT2D eigenvalue weighted by atomic mass is 32.2. The molecule has 0 amide bonds. The molecule has 2 nitrogen and oxygen atoms in total. The van der Waals surface area contributed by atoms with E-state index in [2.05, 4.69) is 266 Å². The van der Waals surface area contributed by atoms with E-state index >= 15 is 0 Å². The van der Waals surface area contributed by atoms with Gasteiger partial charge in [-0.2, -0.15) is 0 Å². The average molecular weight is 973 g/mol. The van der Waals surface area contributed by atoms with Gasteiger partial charge in [0.2, 0.25) is 0 Å². The molecule has 74 heavy (non-hydrogen) atoms. The smallest absolute Gasteiger partial charge is 0.333 e. The number of hydrogen-bond donors (Lipinski definition) is 0. The van der Waals surface area contributed by atoms with Crippen LogP contribution in [-0.4, -0.2) is 11.4 Å². The van der Waals surface area contributed by atoms with Gasteiger partial charge in [0.1, 0.15) is 0 Å². The van der Waals surface area contributed by atoms with E-state index in [1.54, 1.807) is 0 Å². The van der Waals surface area contributed by atoms with Crippen LogP contribution >= 0.6 is 11.8 Å². The van der Waals surface area contributed by atoms with E-state index in [-0.39, 0.29) is 39.7 Å². The number of benzene rings is 9. The summed E-state index contributed by atoms with van der Waals surface area (Å²) >= 11 is 2.06. The highest BCUT2D eigenvalue weighted by Gasteiger charge is 2.48. The van der Waals surface area contributed by atoms with Crippen LogP contribution in [0, 0.1) is 0 Å². The maximum atomic E-state index is 2.76. The van der Waals surface area contributed by atoms with Gasteiger partial charge in [-0.1, -0.05) is 197 Å². The van der Waals surface area contributed by atoms with Crippen LogP contribution in [0.15, 0.2) is 181 Å². The molecule has 0 N–H and O–H groups in total. The van der Waals surface area contributed by atoms with Crippen LogP contribution in [0.25, 0.3) is 60.9 Å². The van der Waals surface area contributed by atoms with Gasteiger partial charge in [0.15, 0.2) is 0 Å². The van der Waals surface area contributed by atoms with Crippen molar-refractivity contribution in [1.29, 1.82) is 0 Å².